The van der Waals surface area contributed by atoms with E-state index in [0.29, 0.717) is 12.1 Å². The van der Waals surface area contributed by atoms with Crippen molar-refractivity contribution < 1.29 is 9.53 Å². The molecule has 0 N–H and O–H groups in total. The van der Waals surface area contributed by atoms with Crippen molar-refractivity contribution in [1.82, 2.24) is 24.3 Å². The predicted octanol–water partition coefficient (Wildman–Crippen LogP) is 1.65. The van der Waals surface area contributed by atoms with Gasteiger partial charge < -0.3 is 9.64 Å². The minimum Gasteiger partial charge on any atom is -0.496 e. The molecule has 8 nitrogen and oxygen atoms in total. The lowest BCUT2D eigenvalue weighted by molar-refractivity contribution is -0.136. The first-order chi connectivity index (χ1) is 13.2. The summed E-state index contributed by atoms with van der Waals surface area (Å²) in [5, 5.41) is 8.07. The summed E-state index contributed by atoms with van der Waals surface area (Å²) in [5.74, 6) is 0.655. The molecule has 1 atom stereocenters. The van der Waals surface area contributed by atoms with Crippen molar-refractivity contribution >= 4 is 11.4 Å². The lowest BCUT2D eigenvalue weighted by Crippen LogP contribution is -2.42. The highest BCUT2D eigenvalue weighted by molar-refractivity contribution is 5.76. The molecule has 0 bridgehead atoms. The number of benzene rings is 1. The Morgan fingerprint density at radius 3 is 2.93 bits per heavy atom. The Morgan fingerprint density at radius 2 is 2.07 bits per heavy atom. The van der Waals surface area contributed by atoms with E-state index < -0.39 is 0 Å². The molecule has 0 radical (unpaired) electrons. The van der Waals surface area contributed by atoms with Crippen molar-refractivity contribution in [2.75, 3.05) is 13.7 Å². The Bertz CT molecular complexity index is 1030. The van der Waals surface area contributed by atoms with Crippen molar-refractivity contribution in [3.63, 3.8) is 0 Å². The molecule has 140 valence electrons. The summed E-state index contributed by atoms with van der Waals surface area (Å²) in [6.45, 7) is 0.567. The molecule has 1 aliphatic rings. The van der Waals surface area contributed by atoms with Crippen molar-refractivity contribution in [3.8, 4) is 5.75 Å². The summed E-state index contributed by atoms with van der Waals surface area (Å²) in [5.41, 5.74) is 1.08. The fourth-order valence-electron chi connectivity index (χ4n) is 3.70. The second-order valence-corrected chi connectivity index (χ2v) is 6.60. The number of hydrogen-bond donors (Lipinski definition) is 0. The lowest BCUT2D eigenvalue weighted by atomic mass is 9.94. The standard InChI is InChI=1S/C19H21N5O3/c1-27-17-8-3-2-6-14(17)15-7-4-5-11-22(15)18(25)12-23-19(26)16-9-10-20-24(16)13-21-23/h2-3,6,8-10,13,15H,4-5,7,11-12H2,1H3. The van der Waals surface area contributed by atoms with E-state index in [9.17, 15) is 9.59 Å². The smallest absolute Gasteiger partial charge is 0.293 e. The van der Waals surface area contributed by atoms with E-state index in [1.165, 1.54) is 21.7 Å². The second kappa shape index (κ2) is 7.22. The van der Waals surface area contributed by atoms with Crippen LogP contribution in [0.2, 0.25) is 0 Å². The van der Waals surface area contributed by atoms with Gasteiger partial charge in [-0.05, 0) is 31.4 Å². The first kappa shape index (κ1) is 17.3. The number of para-hydroxylation sites is 1. The van der Waals surface area contributed by atoms with Gasteiger partial charge in [-0.15, -0.1) is 0 Å². The number of likely N-dealkylation sites (tertiary alicyclic amines) is 1. The molecule has 4 rings (SSSR count). The van der Waals surface area contributed by atoms with Gasteiger partial charge in [-0.25, -0.2) is 9.20 Å². The van der Waals surface area contributed by atoms with Gasteiger partial charge in [0.05, 0.1) is 19.3 Å². The zero-order valence-corrected chi connectivity index (χ0v) is 15.1. The van der Waals surface area contributed by atoms with E-state index in [0.717, 1.165) is 30.6 Å². The highest BCUT2D eigenvalue weighted by Crippen LogP contribution is 2.36. The average molecular weight is 367 g/mol. The molecule has 3 aromatic rings. The summed E-state index contributed by atoms with van der Waals surface area (Å²) in [7, 11) is 1.64. The van der Waals surface area contributed by atoms with Crippen molar-refractivity contribution in [1.29, 1.82) is 0 Å². The quantitative estimate of drug-likeness (QED) is 0.700. The summed E-state index contributed by atoms with van der Waals surface area (Å²) >= 11 is 0. The Kier molecular flexibility index (Phi) is 4.62. The number of fused-ring (bicyclic) bond motifs is 1. The van der Waals surface area contributed by atoms with Gasteiger partial charge in [0, 0.05) is 12.1 Å². The van der Waals surface area contributed by atoms with Gasteiger partial charge in [0.25, 0.3) is 5.56 Å². The number of hydrogen-bond acceptors (Lipinski definition) is 5. The number of methoxy groups -OCH3 is 1. The molecule has 0 aliphatic carbocycles. The van der Waals surface area contributed by atoms with Gasteiger partial charge in [0.15, 0.2) is 0 Å². The zero-order valence-electron chi connectivity index (χ0n) is 15.1. The largest absolute Gasteiger partial charge is 0.496 e. The normalized spacial score (nSPS) is 17.2. The van der Waals surface area contributed by atoms with Crippen LogP contribution in [0.4, 0.5) is 0 Å². The lowest BCUT2D eigenvalue weighted by Gasteiger charge is -2.36. The van der Waals surface area contributed by atoms with Crippen LogP contribution in [0.25, 0.3) is 5.52 Å². The highest BCUT2D eigenvalue weighted by Gasteiger charge is 2.30. The predicted molar refractivity (Wildman–Crippen MR) is 98.5 cm³/mol. The molecule has 1 fully saturated rings. The molecular formula is C19H21N5O3. The minimum absolute atomic E-state index is 0.0585. The van der Waals surface area contributed by atoms with Gasteiger partial charge in [0.1, 0.15) is 24.1 Å². The van der Waals surface area contributed by atoms with Crippen LogP contribution in [0.1, 0.15) is 30.9 Å². The van der Waals surface area contributed by atoms with Gasteiger partial charge in [-0.2, -0.15) is 10.2 Å². The molecule has 1 aliphatic heterocycles. The molecule has 1 saturated heterocycles. The molecule has 27 heavy (non-hydrogen) atoms. The van der Waals surface area contributed by atoms with Crippen LogP contribution in [0, 0.1) is 0 Å². The molecule has 3 heterocycles. The van der Waals surface area contributed by atoms with Crippen LogP contribution in [0.3, 0.4) is 0 Å². The maximum Gasteiger partial charge on any atom is 0.293 e. The Labute approximate surface area is 156 Å². The molecule has 2 aromatic heterocycles. The number of amides is 1. The van der Waals surface area contributed by atoms with E-state index in [2.05, 4.69) is 10.2 Å². The number of aromatic nitrogens is 4. The second-order valence-electron chi connectivity index (χ2n) is 6.60. The Hall–Kier alpha value is -3.16. The Morgan fingerprint density at radius 1 is 1.22 bits per heavy atom. The van der Waals surface area contributed by atoms with Gasteiger partial charge >= 0.3 is 0 Å². The number of carbonyl (C=O) groups is 1. The van der Waals surface area contributed by atoms with Crippen molar-refractivity contribution in [3.05, 3.63) is 58.8 Å². The number of ether oxygens (including phenoxy) is 1. The van der Waals surface area contributed by atoms with E-state index in [4.69, 9.17) is 4.74 Å². The fourth-order valence-corrected chi connectivity index (χ4v) is 3.70. The summed E-state index contributed by atoms with van der Waals surface area (Å²) in [4.78, 5) is 27.4. The molecule has 0 saturated carbocycles. The van der Waals surface area contributed by atoms with E-state index >= 15 is 0 Å². The third-order valence-corrected chi connectivity index (χ3v) is 5.03. The van der Waals surface area contributed by atoms with Gasteiger partial charge in [0.2, 0.25) is 5.91 Å². The molecule has 0 spiro atoms. The van der Waals surface area contributed by atoms with Crippen LogP contribution in [0.5, 0.6) is 5.75 Å². The third-order valence-electron chi connectivity index (χ3n) is 5.03. The number of piperidine rings is 1. The molecule has 1 unspecified atom stereocenters. The fraction of sp³-hybridized carbons (Fsp3) is 0.368. The summed E-state index contributed by atoms with van der Waals surface area (Å²) in [6.07, 6.45) is 5.84. The first-order valence-corrected chi connectivity index (χ1v) is 9.01. The molecule has 8 heteroatoms. The van der Waals surface area contributed by atoms with Crippen molar-refractivity contribution in [2.45, 2.75) is 31.8 Å². The van der Waals surface area contributed by atoms with E-state index in [1.54, 1.807) is 13.2 Å². The summed E-state index contributed by atoms with van der Waals surface area (Å²) < 4.78 is 8.09. The number of nitrogens with zero attached hydrogens (tertiary/aromatic N) is 5. The highest BCUT2D eigenvalue weighted by atomic mass is 16.5. The van der Waals surface area contributed by atoms with Gasteiger partial charge in [-0.1, -0.05) is 18.2 Å². The van der Waals surface area contributed by atoms with Gasteiger partial charge in [-0.3, -0.25) is 9.59 Å². The maximum absolute atomic E-state index is 13.0. The Balaban J connectivity index is 1.62. The van der Waals surface area contributed by atoms with E-state index in [1.807, 2.05) is 29.2 Å². The maximum atomic E-state index is 13.0. The monoisotopic (exact) mass is 367 g/mol. The van der Waals surface area contributed by atoms with Crippen molar-refractivity contribution in [2.24, 2.45) is 0 Å². The third kappa shape index (κ3) is 3.18. The topological polar surface area (TPSA) is 81.7 Å². The SMILES string of the molecule is COc1ccccc1C1CCCCN1C(=O)Cn1ncn2nccc2c1=O. The first-order valence-electron chi connectivity index (χ1n) is 9.01. The number of rotatable bonds is 4. The minimum atomic E-state index is -0.325. The van der Waals surface area contributed by atoms with Crippen LogP contribution >= 0.6 is 0 Å². The van der Waals surface area contributed by atoms with Crippen LogP contribution in [0.15, 0.2) is 47.7 Å². The van der Waals surface area contributed by atoms with Crippen LogP contribution in [-0.2, 0) is 11.3 Å². The molecule has 1 aromatic carbocycles. The summed E-state index contributed by atoms with van der Waals surface area (Å²) in [6, 6.07) is 9.33. The van der Waals surface area contributed by atoms with E-state index in [-0.39, 0.29) is 24.1 Å². The van der Waals surface area contributed by atoms with Crippen LogP contribution in [-0.4, -0.2) is 43.9 Å². The van der Waals surface area contributed by atoms with Crippen LogP contribution < -0.4 is 10.3 Å². The zero-order chi connectivity index (χ0) is 18.8. The molecular weight excluding hydrogens is 346 g/mol. The number of carbonyl (C=O) groups excluding carboxylic acids is 1. The molecule has 1 amide bonds. The average Bonchev–Trinajstić information content (AvgIpc) is 3.19.